The zero-order valence-electron chi connectivity index (χ0n) is 6.84. The van der Waals surface area contributed by atoms with Gasteiger partial charge < -0.3 is 10.1 Å². The Bertz CT molecular complexity index is 521. The number of hydrogen-bond donors (Lipinski definition) is 2. The maximum Gasteiger partial charge on any atom is 0.353 e. The molecule has 0 unspecified atom stereocenters. The molecule has 1 aromatic carbocycles. The van der Waals surface area contributed by atoms with Gasteiger partial charge in [0, 0.05) is 0 Å². The van der Waals surface area contributed by atoms with Gasteiger partial charge in [-0.1, -0.05) is 6.07 Å². The van der Waals surface area contributed by atoms with Gasteiger partial charge in [0.25, 0.3) is 0 Å². The Labute approximate surface area is 86.7 Å². The molecule has 0 aliphatic carbocycles. The van der Waals surface area contributed by atoms with E-state index in [2.05, 4.69) is 20.9 Å². The summed E-state index contributed by atoms with van der Waals surface area (Å²) in [6.07, 6.45) is 0. The van der Waals surface area contributed by atoms with Crippen molar-refractivity contribution in [3.63, 3.8) is 0 Å². The Morgan fingerprint density at radius 1 is 1.50 bits per heavy atom. The van der Waals surface area contributed by atoms with Crippen molar-refractivity contribution in [3.05, 3.63) is 34.2 Å². The smallest absolute Gasteiger partial charge is 0.353 e. The van der Waals surface area contributed by atoms with Crippen molar-refractivity contribution in [1.82, 2.24) is 4.98 Å². The first-order valence-corrected chi connectivity index (χ1v) is 4.59. The molecule has 3 nitrogen and oxygen atoms in total. The third-order valence-electron chi connectivity index (χ3n) is 1.93. The third-order valence-corrected chi connectivity index (χ3v) is 2.72. The number of rotatable bonds is 1. The molecule has 2 N–H and O–H groups in total. The van der Waals surface area contributed by atoms with Gasteiger partial charge in [-0.2, -0.15) is 0 Å². The van der Waals surface area contributed by atoms with Gasteiger partial charge in [-0.15, -0.1) is 0 Å². The van der Waals surface area contributed by atoms with E-state index in [1.165, 1.54) is 12.1 Å². The van der Waals surface area contributed by atoms with Crippen LogP contribution in [0, 0.1) is 5.82 Å². The molecule has 0 spiro atoms. The largest absolute Gasteiger partial charge is 0.477 e. The average Bonchev–Trinajstić information content (AvgIpc) is 2.45. The molecule has 0 saturated heterocycles. The van der Waals surface area contributed by atoms with Crippen LogP contribution in [0.4, 0.5) is 4.39 Å². The SMILES string of the molecule is O=C(O)c1[nH]c2cccc(F)c2c1Br. The second kappa shape index (κ2) is 3.09. The van der Waals surface area contributed by atoms with E-state index in [-0.39, 0.29) is 15.6 Å². The Kier molecular flexibility index (Phi) is 2.03. The summed E-state index contributed by atoms with van der Waals surface area (Å²) in [6.45, 7) is 0. The van der Waals surface area contributed by atoms with Crippen LogP contribution in [0.15, 0.2) is 22.7 Å². The molecule has 2 rings (SSSR count). The summed E-state index contributed by atoms with van der Waals surface area (Å²) >= 11 is 3.05. The molecule has 0 amide bonds. The number of aromatic nitrogens is 1. The number of carbonyl (C=O) groups is 1. The summed E-state index contributed by atoms with van der Waals surface area (Å²) in [5.74, 6) is -1.56. The lowest BCUT2D eigenvalue weighted by molar-refractivity contribution is 0.0690. The predicted molar refractivity (Wildman–Crippen MR) is 52.9 cm³/mol. The summed E-state index contributed by atoms with van der Waals surface area (Å²) in [5.41, 5.74) is 0.430. The van der Waals surface area contributed by atoms with Gasteiger partial charge in [-0.3, -0.25) is 0 Å². The third kappa shape index (κ3) is 1.21. The van der Waals surface area contributed by atoms with Gasteiger partial charge in [-0.05, 0) is 28.1 Å². The molecule has 72 valence electrons. The average molecular weight is 258 g/mol. The molecule has 0 fully saturated rings. The van der Waals surface area contributed by atoms with Crippen molar-refractivity contribution in [2.75, 3.05) is 0 Å². The molecule has 0 atom stereocenters. The highest BCUT2D eigenvalue weighted by Gasteiger charge is 2.16. The number of aromatic amines is 1. The highest BCUT2D eigenvalue weighted by Crippen LogP contribution is 2.29. The van der Waals surface area contributed by atoms with Crippen LogP contribution < -0.4 is 0 Å². The number of carboxylic acids is 1. The number of nitrogens with one attached hydrogen (secondary N) is 1. The van der Waals surface area contributed by atoms with Crippen LogP contribution in [-0.4, -0.2) is 16.1 Å². The van der Waals surface area contributed by atoms with E-state index in [1.54, 1.807) is 6.07 Å². The molecule has 2 aromatic rings. The quantitative estimate of drug-likeness (QED) is 0.826. The maximum atomic E-state index is 13.3. The van der Waals surface area contributed by atoms with Gasteiger partial charge in [-0.25, -0.2) is 9.18 Å². The van der Waals surface area contributed by atoms with Gasteiger partial charge in [0.1, 0.15) is 11.5 Å². The maximum absolute atomic E-state index is 13.3. The molecular formula is C9H5BrFNO2. The fourth-order valence-corrected chi connectivity index (χ4v) is 1.98. The van der Waals surface area contributed by atoms with E-state index in [0.29, 0.717) is 5.52 Å². The number of halogens is 2. The molecule has 14 heavy (non-hydrogen) atoms. The minimum atomic E-state index is -1.12. The lowest BCUT2D eigenvalue weighted by Crippen LogP contribution is -1.96. The monoisotopic (exact) mass is 257 g/mol. The van der Waals surface area contributed by atoms with Crippen LogP contribution in [0.25, 0.3) is 10.9 Å². The number of aromatic carboxylic acids is 1. The molecule has 1 aromatic heterocycles. The van der Waals surface area contributed by atoms with E-state index in [9.17, 15) is 9.18 Å². The van der Waals surface area contributed by atoms with E-state index in [1.807, 2.05) is 0 Å². The second-order valence-electron chi connectivity index (χ2n) is 2.78. The minimum absolute atomic E-state index is 0.0369. The number of benzene rings is 1. The van der Waals surface area contributed by atoms with Crippen LogP contribution in [0.3, 0.4) is 0 Å². The topological polar surface area (TPSA) is 53.1 Å². The molecule has 0 aliphatic rings. The molecule has 0 saturated carbocycles. The van der Waals surface area contributed by atoms with Gasteiger partial charge >= 0.3 is 5.97 Å². The van der Waals surface area contributed by atoms with E-state index in [4.69, 9.17) is 5.11 Å². The van der Waals surface area contributed by atoms with Crippen LogP contribution in [0.1, 0.15) is 10.5 Å². The van der Waals surface area contributed by atoms with E-state index in [0.717, 1.165) is 0 Å². The van der Waals surface area contributed by atoms with Gasteiger partial charge in [0.15, 0.2) is 0 Å². The van der Waals surface area contributed by atoms with Crippen LogP contribution in [0.5, 0.6) is 0 Å². The summed E-state index contributed by atoms with van der Waals surface area (Å²) < 4.78 is 13.5. The summed E-state index contributed by atoms with van der Waals surface area (Å²) in [5, 5.41) is 9.04. The number of hydrogen-bond acceptors (Lipinski definition) is 1. The first-order valence-electron chi connectivity index (χ1n) is 3.80. The number of H-pyrrole nitrogens is 1. The fourth-order valence-electron chi connectivity index (χ4n) is 1.31. The van der Waals surface area contributed by atoms with Gasteiger partial charge in [0.05, 0.1) is 15.4 Å². The Morgan fingerprint density at radius 2 is 2.21 bits per heavy atom. The number of carboxylic acid groups (broad SMARTS) is 1. The van der Waals surface area contributed by atoms with Gasteiger partial charge in [0.2, 0.25) is 0 Å². The zero-order valence-corrected chi connectivity index (χ0v) is 8.43. The lowest BCUT2D eigenvalue weighted by atomic mass is 10.2. The Morgan fingerprint density at radius 3 is 2.79 bits per heavy atom. The Balaban J connectivity index is 2.87. The van der Waals surface area contributed by atoms with Crippen molar-refractivity contribution < 1.29 is 14.3 Å². The fraction of sp³-hybridized carbons (Fsp3) is 0. The summed E-state index contributed by atoms with van der Waals surface area (Å²) in [4.78, 5) is 13.3. The summed E-state index contributed by atoms with van der Waals surface area (Å²) in [6, 6.07) is 4.43. The standard InChI is InChI=1S/C9H5BrFNO2/c10-7-6-4(11)2-1-3-5(6)12-8(7)9(13)14/h1-3,12H,(H,13,14). The second-order valence-corrected chi connectivity index (χ2v) is 3.57. The highest BCUT2D eigenvalue weighted by atomic mass is 79.9. The van der Waals surface area contributed by atoms with Crippen LogP contribution in [0.2, 0.25) is 0 Å². The Hall–Kier alpha value is -1.36. The molecule has 0 radical (unpaired) electrons. The molecular weight excluding hydrogens is 253 g/mol. The van der Waals surface area contributed by atoms with Crippen molar-refractivity contribution in [1.29, 1.82) is 0 Å². The summed E-state index contributed by atoms with van der Waals surface area (Å²) in [7, 11) is 0. The predicted octanol–water partition coefficient (Wildman–Crippen LogP) is 2.77. The van der Waals surface area contributed by atoms with Crippen molar-refractivity contribution in [3.8, 4) is 0 Å². The highest BCUT2D eigenvalue weighted by molar-refractivity contribution is 9.10. The lowest BCUT2D eigenvalue weighted by Gasteiger charge is -1.91. The van der Waals surface area contributed by atoms with Crippen LogP contribution >= 0.6 is 15.9 Å². The number of fused-ring (bicyclic) bond motifs is 1. The normalized spacial score (nSPS) is 10.7. The van der Waals surface area contributed by atoms with E-state index < -0.39 is 11.8 Å². The zero-order chi connectivity index (χ0) is 10.3. The molecule has 0 bridgehead atoms. The van der Waals surface area contributed by atoms with E-state index >= 15 is 0 Å². The van der Waals surface area contributed by atoms with Crippen molar-refractivity contribution >= 4 is 32.8 Å². The van der Waals surface area contributed by atoms with Crippen LogP contribution in [-0.2, 0) is 0 Å². The molecule has 0 aliphatic heterocycles. The first kappa shape index (κ1) is 9.21. The minimum Gasteiger partial charge on any atom is -0.477 e. The molecule has 1 heterocycles. The first-order chi connectivity index (χ1) is 6.61. The molecule has 5 heteroatoms. The van der Waals surface area contributed by atoms with Crippen molar-refractivity contribution in [2.45, 2.75) is 0 Å². The van der Waals surface area contributed by atoms with Crippen molar-refractivity contribution in [2.24, 2.45) is 0 Å².